The van der Waals surface area contributed by atoms with E-state index in [9.17, 15) is 14.4 Å². The van der Waals surface area contributed by atoms with Crippen molar-refractivity contribution in [3.05, 3.63) is 64.7 Å². The fraction of sp³-hybridized carbons (Fsp3) is 0.500. The fourth-order valence-electron chi connectivity index (χ4n) is 5.45. The van der Waals surface area contributed by atoms with Gasteiger partial charge in [0.1, 0.15) is 12.1 Å². The second-order valence-electron chi connectivity index (χ2n) is 11.7. The van der Waals surface area contributed by atoms with E-state index in [-0.39, 0.29) is 30.3 Å². The topological polar surface area (TPSA) is 117 Å². The number of benzene rings is 2. The molecule has 1 heterocycles. The van der Waals surface area contributed by atoms with Gasteiger partial charge < -0.3 is 26.6 Å². The highest BCUT2D eigenvalue weighted by Gasteiger charge is 2.42. The zero-order valence-electron chi connectivity index (χ0n) is 23.1. The van der Waals surface area contributed by atoms with Gasteiger partial charge in [-0.05, 0) is 73.0 Å². The maximum absolute atomic E-state index is 14.2. The second kappa shape index (κ2) is 11.2. The van der Waals surface area contributed by atoms with Gasteiger partial charge >= 0.3 is 0 Å². The minimum atomic E-state index is -0.806. The van der Waals surface area contributed by atoms with E-state index in [2.05, 4.69) is 28.1 Å². The number of nitrogens with two attached hydrogens (primary N) is 1. The van der Waals surface area contributed by atoms with E-state index < -0.39 is 23.5 Å². The second-order valence-corrected chi connectivity index (χ2v) is 11.7. The number of aryl methyl sites for hydroxylation is 1. The first-order valence-electron chi connectivity index (χ1n) is 13.5. The standard InChI is InChI=1S/C30H41N5O3/c1-18(32-5)27(36)34-26(30(2,3)4)29(38)35-17-21-15-22(31)14-13-20(21)16-25(35)28(37)33-24-12-8-10-19-9-6-7-11-23(19)24/h6-7,9,11,13-15,18,24-26,32H,8,10,12,16-17,31H2,1-5H3,(H,33,37)(H,34,36)/t18-,24+,25-,26+/m0/s1. The van der Waals surface area contributed by atoms with Crippen LogP contribution in [-0.2, 0) is 33.8 Å². The number of carbonyl (C=O) groups excluding carboxylic acids is 3. The molecule has 0 bridgehead atoms. The van der Waals surface area contributed by atoms with Gasteiger partial charge in [-0.2, -0.15) is 0 Å². The highest BCUT2D eigenvalue weighted by Crippen LogP contribution is 2.32. The lowest BCUT2D eigenvalue weighted by molar-refractivity contribution is -0.147. The summed E-state index contributed by atoms with van der Waals surface area (Å²) < 4.78 is 0. The van der Waals surface area contributed by atoms with Gasteiger partial charge in [0.2, 0.25) is 17.7 Å². The Balaban J connectivity index is 1.65. The average molecular weight is 520 g/mol. The van der Waals surface area contributed by atoms with Gasteiger partial charge in [-0.25, -0.2) is 0 Å². The lowest BCUT2D eigenvalue weighted by Crippen LogP contribution is -2.62. The Morgan fingerprint density at radius 1 is 1.05 bits per heavy atom. The first-order chi connectivity index (χ1) is 18.0. The van der Waals surface area contributed by atoms with Crippen LogP contribution in [0.15, 0.2) is 42.5 Å². The number of amides is 3. The van der Waals surface area contributed by atoms with E-state index >= 15 is 0 Å². The van der Waals surface area contributed by atoms with E-state index in [0.717, 1.165) is 36.0 Å². The van der Waals surface area contributed by atoms with Crippen molar-refractivity contribution < 1.29 is 14.4 Å². The Morgan fingerprint density at radius 2 is 1.79 bits per heavy atom. The van der Waals surface area contributed by atoms with E-state index in [0.29, 0.717) is 12.1 Å². The summed E-state index contributed by atoms with van der Waals surface area (Å²) >= 11 is 0. The van der Waals surface area contributed by atoms with Crippen molar-refractivity contribution in [1.82, 2.24) is 20.9 Å². The van der Waals surface area contributed by atoms with Crippen molar-refractivity contribution in [2.24, 2.45) is 5.41 Å². The molecule has 0 radical (unpaired) electrons. The Hall–Kier alpha value is -3.39. The van der Waals surface area contributed by atoms with Crippen molar-refractivity contribution in [2.45, 2.75) is 84.1 Å². The van der Waals surface area contributed by atoms with Crippen LogP contribution in [0.25, 0.3) is 0 Å². The summed E-state index contributed by atoms with van der Waals surface area (Å²) in [5, 5.41) is 9.13. The molecule has 4 rings (SSSR count). The summed E-state index contributed by atoms with van der Waals surface area (Å²) in [4.78, 5) is 42.5. The number of fused-ring (bicyclic) bond motifs is 2. The van der Waals surface area contributed by atoms with Gasteiger partial charge in [-0.15, -0.1) is 0 Å². The van der Waals surface area contributed by atoms with Crippen LogP contribution in [0.5, 0.6) is 0 Å². The first kappa shape index (κ1) is 27.6. The van der Waals surface area contributed by atoms with Gasteiger partial charge in [0.25, 0.3) is 0 Å². The Kier molecular flexibility index (Phi) is 8.11. The number of rotatable bonds is 6. The molecule has 0 saturated heterocycles. The molecule has 4 atom stereocenters. The molecular weight excluding hydrogens is 478 g/mol. The molecule has 0 spiro atoms. The number of nitrogens with zero attached hydrogens (tertiary/aromatic N) is 1. The van der Waals surface area contributed by atoms with Crippen LogP contribution in [0.1, 0.15) is 68.8 Å². The van der Waals surface area contributed by atoms with Crippen molar-refractivity contribution in [1.29, 1.82) is 0 Å². The summed E-state index contributed by atoms with van der Waals surface area (Å²) in [5.41, 5.74) is 10.4. The third kappa shape index (κ3) is 5.85. The predicted octanol–water partition coefficient (Wildman–Crippen LogP) is 2.85. The van der Waals surface area contributed by atoms with Crippen LogP contribution in [0, 0.1) is 5.41 Å². The Labute approximate surface area is 225 Å². The predicted molar refractivity (Wildman–Crippen MR) is 149 cm³/mol. The molecule has 0 unspecified atom stereocenters. The highest BCUT2D eigenvalue weighted by atomic mass is 16.2. The minimum absolute atomic E-state index is 0.0909. The molecule has 0 fully saturated rings. The molecule has 5 N–H and O–H groups in total. The molecule has 2 aromatic rings. The first-order valence-corrected chi connectivity index (χ1v) is 13.5. The molecular formula is C30H41N5O3. The summed E-state index contributed by atoms with van der Waals surface area (Å²) in [6.07, 6.45) is 3.25. The van der Waals surface area contributed by atoms with E-state index in [1.165, 1.54) is 5.56 Å². The van der Waals surface area contributed by atoms with Crippen LogP contribution < -0.4 is 21.7 Å². The quantitative estimate of drug-likeness (QED) is 0.438. The summed E-state index contributed by atoms with van der Waals surface area (Å²) in [5.74, 6) is -0.709. The smallest absolute Gasteiger partial charge is 0.246 e. The third-order valence-corrected chi connectivity index (χ3v) is 7.86. The maximum Gasteiger partial charge on any atom is 0.246 e. The number of nitrogen functional groups attached to an aromatic ring is 1. The third-order valence-electron chi connectivity index (χ3n) is 7.86. The number of likely N-dealkylation sites (N-methyl/N-ethyl adjacent to an activating group) is 1. The Bertz CT molecular complexity index is 1200. The lowest BCUT2D eigenvalue weighted by atomic mass is 9.83. The Morgan fingerprint density at radius 3 is 2.50 bits per heavy atom. The number of nitrogens with one attached hydrogen (secondary N) is 3. The highest BCUT2D eigenvalue weighted by molar-refractivity contribution is 5.94. The average Bonchev–Trinajstić information content (AvgIpc) is 2.89. The van der Waals surface area contributed by atoms with Crippen molar-refractivity contribution in [2.75, 3.05) is 12.8 Å². The monoisotopic (exact) mass is 519 g/mol. The van der Waals surface area contributed by atoms with Gasteiger partial charge in [0.05, 0.1) is 12.1 Å². The number of hydrogen-bond acceptors (Lipinski definition) is 5. The largest absolute Gasteiger partial charge is 0.399 e. The number of carbonyl (C=O) groups is 3. The molecule has 8 heteroatoms. The number of anilines is 1. The van der Waals surface area contributed by atoms with Crippen molar-refractivity contribution >= 4 is 23.4 Å². The van der Waals surface area contributed by atoms with Crippen LogP contribution in [0.4, 0.5) is 5.69 Å². The van der Waals surface area contributed by atoms with Gasteiger partial charge in [0, 0.05) is 18.7 Å². The van der Waals surface area contributed by atoms with Crippen molar-refractivity contribution in [3.63, 3.8) is 0 Å². The van der Waals surface area contributed by atoms with E-state index in [1.54, 1.807) is 18.9 Å². The maximum atomic E-state index is 14.2. The molecule has 3 amide bonds. The normalized spacial score (nSPS) is 20.5. The summed E-state index contributed by atoms with van der Waals surface area (Å²) in [7, 11) is 1.70. The lowest BCUT2D eigenvalue weighted by Gasteiger charge is -2.41. The van der Waals surface area contributed by atoms with Crippen LogP contribution in [-0.4, -0.2) is 47.8 Å². The zero-order chi connectivity index (χ0) is 27.6. The molecule has 1 aliphatic heterocycles. The van der Waals surface area contributed by atoms with E-state index in [1.807, 2.05) is 51.1 Å². The molecule has 0 aromatic heterocycles. The van der Waals surface area contributed by atoms with Gasteiger partial charge in [-0.3, -0.25) is 14.4 Å². The molecule has 38 heavy (non-hydrogen) atoms. The molecule has 2 aromatic carbocycles. The van der Waals surface area contributed by atoms with E-state index in [4.69, 9.17) is 5.73 Å². The van der Waals surface area contributed by atoms with Gasteiger partial charge in [-0.1, -0.05) is 51.1 Å². The molecule has 8 nitrogen and oxygen atoms in total. The van der Waals surface area contributed by atoms with Crippen LogP contribution in [0.2, 0.25) is 0 Å². The van der Waals surface area contributed by atoms with Gasteiger partial charge in [0.15, 0.2) is 0 Å². The minimum Gasteiger partial charge on any atom is -0.399 e. The molecule has 1 aliphatic carbocycles. The van der Waals surface area contributed by atoms with Crippen LogP contribution >= 0.6 is 0 Å². The zero-order valence-corrected chi connectivity index (χ0v) is 23.1. The SMILES string of the molecule is CN[C@@H](C)C(=O)N[C@H](C(=O)N1Cc2cc(N)ccc2C[C@H]1C(=O)N[C@@H]1CCCc2ccccc21)C(C)(C)C. The van der Waals surface area contributed by atoms with Crippen LogP contribution in [0.3, 0.4) is 0 Å². The summed E-state index contributed by atoms with van der Waals surface area (Å²) in [6.45, 7) is 7.76. The molecule has 0 saturated carbocycles. The molecule has 204 valence electrons. The summed E-state index contributed by atoms with van der Waals surface area (Å²) in [6, 6.07) is 11.8. The number of hydrogen-bond donors (Lipinski definition) is 4. The fourth-order valence-corrected chi connectivity index (χ4v) is 5.45. The van der Waals surface area contributed by atoms with Crippen molar-refractivity contribution in [3.8, 4) is 0 Å². The molecule has 2 aliphatic rings.